The summed E-state index contributed by atoms with van der Waals surface area (Å²) in [6.45, 7) is 8.11. The predicted molar refractivity (Wildman–Crippen MR) is 68.1 cm³/mol. The lowest BCUT2D eigenvalue weighted by molar-refractivity contribution is -0.0465. The number of hydrogen-bond acceptors (Lipinski definition) is 2. The van der Waals surface area contributed by atoms with E-state index in [2.05, 4.69) is 26.8 Å². The summed E-state index contributed by atoms with van der Waals surface area (Å²) in [7, 11) is 3.66. The van der Waals surface area contributed by atoms with E-state index >= 15 is 0 Å². The van der Waals surface area contributed by atoms with Crippen LogP contribution in [-0.4, -0.2) is 24.1 Å². The standard InChI is InChI=1S/C14H22NO/c1-6-11-8-12(7-2)10-13(9-11)14(3,16)15(4)5/h8-10,16H,3,6-7H2,1-2,4-5H3. The average Bonchev–Trinajstić information content (AvgIpc) is 2.27. The van der Waals surface area contributed by atoms with Crippen LogP contribution in [0, 0.1) is 6.92 Å². The highest BCUT2D eigenvalue weighted by Gasteiger charge is 2.26. The smallest absolute Gasteiger partial charge is 0.144 e. The SMILES string of the molecule is [CH2]C(O)(c1cc(CC)cc(CC)c1)N(C)C. The fourth-order valence-corrected chi connectivity index (χ4v) is 1.66. The topological polar surface area (TPSA) is 23.5 Å². The summed E-state index contributed by atoms with van der Waals surface area (Å²) in [4.78, 5) is 1.72. The number of aliphatic hydroxyl groups is 1. The molecule has 0 aliphatic heterocycles. The number of aryl methyl sites for hydroxylation is 2. The van der Waals surface area contributed by atoms with Crippen LogP contribution in [0.5, 0.6) is 0 Å². The van der Waals surface area contributed by atoms with Gasteiger partial charge in [-0.1, -0.05) is 32.0 Å². The van der Waals surface area contributed by atoms with Crippen LogP contribution in [0.3, 0.4) is 0 Å². The van der Waals surface area contributed by atoms with Crippen LogP contribution in [0.1, 0.15) is 30.5 Å². The molecule has 0 aliphatic carbocycles. The number of hydrogen-bond donors (Lipinski definition) is 1. The largest absolute Gasteiger partial charge is 0.371 e. The molecule has 16 heavy (non-hydrogen) atoms. The van der Waals surface area contributed by atoms with Gasteiger partial charge in [0.1, 0.15) is 5.72 Å². The zero-order valence-electron chi connectivity index (χ0n) is 10.7. The van der Waals surface area contributed by atoms with Crippen molar-refractivity contribution in [3.05, 3.63) is 41.8 Å². The quantitative estimate of drug-likeness (QED) is 0.787. The van der Waals surface area contributed by atoms with Gasteiger partial charge in [-0.3, -0.25) is 4.90 Å². The van der Waals surface area contributed by atoms with Gasteiger partial charge in [0.15, 0.2) is 0 Å². The molecule has 1 aromatic rings. The van der Waals surface area contributed by atoms with Crippen molar-refractivity contribution in [1.29, 1.82) is 0 Å². The Balaban J connectivity index is 3.22. The maximum atomic E-state index is 10.3. The number of nitrogens with zero attached hydrogens (tertiary/aromatic N) is 1. The Labute approximate surface area is 98.9 Å². The summed E-state index contributed by atoms with van der Waals surface area (Å²) in [6.07, 6.45) is 1.95. The third-order valence-corrected chi connectivity index (χ3v) is 3.07. The highest BCUT2D eigenvalue weighted by molar-refractivity contribution is 5.34. The molecule has 1 atom stereocenters. The summed E-state index contributed by atoms with van der Waals surface area (Å²) in [5.74, 6) is 0. The molecule has 0 spiro atoms. The molecule has 0 saturated heterocycles. The molecular formula is C14H22NO. The normalized spacial score (nSPS) is 15.2. The lowest BCUT2D eigenvalue weighted by Crippen LogP contribution is -2.38. The van der Waals surface area contributed by atoms with E-state index in [9.17, 15) is 5.11 Å². The van der Waals surface area contributed by atoms with Crippen LogP contribution in [0.15, 0.2) is 18.2 Å². The molecular weight excluding hydrogens is 198 g/mol. The second kappa shape index (κ2) is 4.98. The first-order valence-corrected chi connectivity index (χ1v) is 5.80. The third-order valence-electron chi connectivity index (χ3n) is 3.07. The fraction of sp³-hybridized carbons (Fsp3) is 0.500. The molecule has 0 amide bonds. The molecule has 2 nitrogen and oxygen atoms in total. The first-order valence-electron chi connectivity index (χ1n) is 5.80. The lowest BCUT2D eigenvalue weighted by Gasteiger charge is -2.31. The molecule has 1 unspecified atom stereocenters. The Morgan fingerprint density at radius 1 is 1.12 bits per heavy atom. The van der Waals surface area contributed by atoms with Gasteiger partial charge in [0, 0.05) is 0 Å². The van der Waals surface area contributed by atoms with Crippen molar-refractivity contribution in [2.24, 2.45) is 0 Å². The number of rotatable bonds is 4. The van der Waals surface area contributed by atoms with Gasteiger partial charge in [-0.15, -0.1) is 0 Å². The van der Waals surface area contributed by atoms with Crippen molar-refractivity contribution in [1.82, 2.24) is 4.90 Å². The lowest BCUT2D eigenvalue weighted by atomic mass is 9.96. The monoisotopic (exact) mass is 220 g/mol. The Hall–Kier alpha value is -0.860. The molecule has 0 aromatic heterocycles. The van der Waals surface area contributed by atoms with Crippen molar-refractivity contribution in [2.75, 3.05) is 14.1 Å². The molecule has 2 heteroatoms. The molecule has 0 saturated carbocycles. The van der Waals surface area contributed by atoms with Gasteiger partial charge < -0.3 is 5.11 Å². The molecule has 1 rings (SSSR count). The summed E-state index contributed by atoms with van der Waals surface area (Å²) in [6, 6.07) is 6.26. The van der Waals surface area contributed by atoms with E-state index in [-0.39, 0.29) is 0 Å². The number of benzene rings is 1. The zero-order chi connectivity index (χ0) is 12.3. The van der Waals surface area contributed by atoms with E-state index < -0.39 is 5.72 Å². The van der Waals surface area contributed by atoms with Gasteiger partial charge in [-0.25, -0.2) is 0 Å². The van der Waals surface area contributed by atoms with Gasteiger partial charge in [-0.2, -0.15) is 0 Å². The minimum absolute atomic E-state index is 0.869. The van der Waals surface area contributed by atoms with Gasteiger partial charge in [-0.05, 0) is 50.6 Å². The van der Waals surface area contributed by atoms with Gasteiger partial charge in [0.05, 0.1) is 0 Å². The summed E-state index contributed by atoms with van der Waals surface area (Å²) < 4.78 is 0. The van der Waals surface area contributed by atoms with E-state index in [4.69, 9.17) is 0 Å². The zero-order valence-corrected chi connectivity index (χ0v) is 10.7. The molecule has 1 radical (unpaired) electrons. The molecule has 0 heterocycles. The van der Waals surface area contributed by atoms with Crippen molar-refractivity contribution >= 4 is 0 Å². The highest BCUT2D eigenvalue weighted by atomic mass is 16.3. The minimum Gasteiger partial charge on any atom is -0.371 e. The van der Waals surface area contributed by atoms with Gasteiger partial charge in [0.25, 0.3) is 0 Å². The van der Waals surface area contributed by atoms with Crippen LogP contribution >= 0.6 is 0 Å². The predicted octanol–water partition coefficient (Wildman–Crippen LogP) is 2.35. The first-order chi connectivity index (χ1) is 7.41. The van der Waals surface area contributed by atoms with Gasteiger partial charge in [0.2, 0.25) is 0 Å². The van der Waals surface area contributed by atoms with E-state index in [0.29, 0.717) is 0 Å². The van der Waals surface area contributed by atoms with Crippen LogP contribution in [0.25, 0.3) is 0 Å². The van der Waals surface area contributed by atoms with Crippen molar-refractivity contribution in [3.8, 4) is 0 Å². The van der Waals surface area contributed by atoms with Crippen LogP contribution < -0.4 is 0 Å². The molecule has 1 aromatic carbocycles. The van der Waals surface area contributed by atoms with Crippen molar-refractivity contribution < 1.29 is 5.11 Å². The van der Waals surface area contributed by atoms with Crippen molar-refractivity contribution in [3.63, 3.8) is 0 Å². The third kappa shape index (κ3) is 2.63. The Morgan fingerprint density at radius 2 is 1.56 bits per heavy atom. The fourth-order valence-electron chi connectivity index (χ4n) is 1.66. The van der Waals surface area contributed by atoms with Crippen molar-refractivity contribution in [2.45, 2.75) is 32.4 Å². The summed E-state index contributed by atoms with van der Waals surface area (Å²) in [5.41, 5.74) is 2.22. The summed E-state index contributed by atoms with van der Waals surface area (Å²) in [5, 5.41) is 10.3. The maximum absolute atomic E-state index is 10.3. The van der Waals surface area contributed by atoms with Crippen LogP contribution in [0.2, 0.25) is 0 Å². The minimum atomic E-state index is -1.14. The van der Waals surface area contributed by atoms with E-state index in [1.807, 2.05) is 26.2 Å². The molecule has 89 valence electrons. The van der Waals surface area contributed by atoms with Crippen LogP contribution in [-0.2, 0) is 18.6 Å². The second-order valence-corrected chi connectivity index (χ2v) is 4.46. The Kier molecular flexibility index (Phi) is 4.11. The molecule has 0 fully saturated rings. The molecule has 1 N–H and O–H groups in total. The first kappa shape index (κ1) is 13.2. The Morgan fingerprint density at radius 3 is 1.88 bits per heavy atom. The summed E-state index contributed by atoms with van der Waals surface area (Å²) >= 11 is 0. The van der Waals surface area contributed by atoms with Crippen LogP contribution in [0.4, 0.5) is 0 Å². The highest BCUT2D eigenvalue weighted by Crippen LogP contribution is 2.25. The van der Waals surface area contributed by atoms with E-state index in [0.717, 1.165) is 18.4 Å². The van der Waals surface area contributed by atoms with E-state index in [1.165, 1.54) is 11.1 Å². The molecule has 0 bridgehead atoms. The van der Waals surface area contributed by atoms with E-state index in [1.54, 1.807) is 4.90 Å². The Bertz CT molecular complexity index is 334. The van der Waals surface area contributed by atoms with Gasteiger partial charge >= 0.3 is 0 Å². The second-order valence-electron chi connectivity index (χ2n) is 4.46. The maximum Gasteiger partial charge on any atom is 0.144 e. The molecule has 0 aliphatic rings. The average molecular weight is 220 g/mol.